The van der Waals surface area contributed by atoms with Crippen LogP contribution in [-0.4, -0.2) is 23.7 Å². The molecule has 5 nitrogen and oxygen atoms in total. The van der Waals surface area contributed by atoms with Gasteiger partial charge in [0.2, 0.25) is 11.8 Å². The van der Waals surface area contributed by atoms with Crippen LogP contribution in [0, 0.1) is 0 Å². The first kappa shape index (κ1) is 22.8. The van der Waals surface area contributed by atoms with E-state index < -0.39 is 0 Å². The molecule has 6 heteroatoms. The van der Waals surface area contributed by atoms with Crippen molar-refractivity contribution in [1.29, 1.82) is 0 Å². The fourth-order valence-electron chi connectivity index (χ4n) is 2.72. The van der Waals surface area contributed by atoms with Crippen LogP contribution in [0.2, 0.25) is 0 Å². The lowest BCUT2D eigenvalue weighted by molar-refractivity contribution is -0.116. The molecule has 0 saturated heterocycles. The first-order valence-corrected chi connectivity index (χ1v) is 11.0. The largest absolute Gasteiger partial charge is 0.494 e. The molecule has 156 valence electrons. The van der Waals surface area contributed by atoms with Gasteiger partial charge in [-0.25, -0.2) is 0 Å². The maximum Gasteiger partial charge on any atom is 0.237 e. The number of rotatable bonds is 11. The average Bonchev–Trinajstić information content (AvgIpc) is 2.72. The summed E-state index contributed by atoms with van der Waals surface area (Å²) in [6, 6.07) is 15.0. The molecular formula is C23H30N2O3S. The predicted octanol–water partition coefficient (Wildman–Crippen LogP) is 5.72. The Morgan fingerprint density at radius 2 is 1.76 bits per heavy atom. The van der Waals surface area contributed by atoms with Crippen LogP contribution in [0.5, 0.6) is 5.75 Å². The molecule has 0 fully saturated rings. The number of nitrogens with one attached hydrogen (secondary N) is 2. The molecule has 0 aliphatic heterocycles. The third-order valence-corrected chi connectivity index (χ3v) is 5.61. The topological polar surface area (TPSA) is 67.4 Å². The second kappa shape index (κ2) is 12.2. The number of unbranched alkanes of at least 4 members (excludes halogenated alkanes) is 1. The first-order chi connectivity index (χ1) is 14.0. The molecule has 2 rings (SSSR count). The summed E-state index contributed by atoms with van der Waals surface area (Å²) >= 11 is 1.50. The van der Waals surface area contributed by atoms with E-state index in [4.69, 9.17) is 4.74 Å². The molecule has 0 spiro atoms. The summed E-state index contributed by atoms with van der Waals surface area (Å²) in [6.07, 6.45) is 3.09. The van der Waals surface area contributed by atoms with Gasteiger partial charge in [-0.15, -0.1) is 11.8 Å². The highest BCUT2D eigenvalue weighted by Crippen LogP contribution is 2.29. The van der Waals surface area contributed by atoms with Gasteiger partial charge in [0.1, 0.15) is 5.75 Å². The van der Waals surface area contributed by atoms with Crippen LogP contribution in [0.15, 0.2) is 53.4 Å². The van der Waals surface area contributed by atoms with Crippen molar-refractivity contribution >= 4 is 35.0 Å². The van der Waals surface area contributed by atoms with E-state index >= 15 is 0 Å². The molecule has 2 aromatic carbocycles. The number of thioether (sulfide) groups is 1. The number of ether oxygens (including phenoxy) is 1. The summed E-state index contributed by atoms with van der Waals surface area (Å²) in [6.45, 7) is 6.60. The van der Waals surface area contributed by atoms with Gasteiger partial charge in [-0.2, -0.15) is 0 Å². The number of carbonyl (C=O) groups is 2. The first-order valence-electron chi connectivity index (χ1n) is 10.2. The Kier molecular flexibility index (Phi) is 9.57. The number of hydrogen-bond acceptors (Lipinski definition) is 4. The molecule has 0 radical (unpaired) electrons. The van der Waals surface area contributed by atoms with Crippen LogP contribution in [0.3, 0.4) is 0 Å². The highest BCUT2D eigenvalue weighted by molar-refractivity contribution is 8.00. The number of amides is 2. The molecule has 0 aromatic heterocycles. The van der Waals surface area contributed by atoms with Crippen molar-refractivity contribution < 1.29 is 14.3 Å². The summed E-state index contributed by atoms with van der Waals surface area (Å²) in [5, 5.41) is 5.67. The van der Waals surface area contributed by atoms with E-state index in [1.54, 1.807) is 0 Å². The third kappa shape index (κ3) is 7.81. The Labute approximate surface area is 177 Å². The Bertz CT molecular complexity index is 793. The second-order valence-corrected chi connectivity index (χ2v) is 7.92. The third-order valence-electron chi connectivity index (χ3n) is 4.25. The van der Waals surface area contributed by atoms with Gasteiger partial charge in [0.05, 0.1) is 11.9 Å². The highest BCUT2D eigenvalue weighted by atomic mass is 32.2. The molecule has 0 bridgehead atoms. The molecule has 29 heavy (non-hydrogen) atoms. The molecule has 2 N–H and O–H groups in total. The van der Waals surface area contributed by atoms with Gasteiger partial charge in [0.25, 0.3) is 0 Å². The molecule has 2 amide bonds. The smallest absolute Gasteiger partial charge is 0.237 e. The van der Waals surface area contributed by atoms with E-state index in [0.717, 1.165) is 34.9 Å². The van der Waals surface area contributed by atoms with E-state index in [1.165, 1.54) is 11.8 Å². The van der Waals surface area contributed by atoms with Gasteiger partial charge in [-0.1, -0.05) is 26.3 Å². The van der Waals surface area contributed by atoms with Gasteiger partial charge >= 0.3 is 0 Å². The van der Waals surface area contributed by atoms with Gasteiger partial charge in [0, 0.05) is 22.7 Å². The molecule has 2 aromatic rings. The summed E-state index contributed by atoms with van der Waals surface area (Å²) in [5.74, 6) is 0.762. The standard InChI is InChI=1S/C23H30N2O3S/c1-4-7-11-22(26)24-18-9-8-10-20(16-18)29-21(5-2)23(27)25-17-12-14-19(15-13-17)28-6-3/h8-10,12-16,21H,4-7,11H2,1-3H3,(H,24,26)(H,25,27). The molecule has 1 atom stereocenters. The number of hydrogen-bond donors (Lipinski definition) is 2. The van der Waals surface area contributed by atoms with Crippen molar-refractivity contribution in [3.8, 4) is 5.75 Å². The lowest BCUT2D eigenvalue weighted by Crippen LogP contribution is -2.24. The van der Waals surface area contributed by atoms with E-state index in [9.17, 15) is 9.59 Å². The summed E-state index contributed by atoms with van der Waals surface area (Å²) in [5.41, 5.74) is 1.51. The summed E-state index contributed by atoms with van der Waals surface area (Å²) < 4.78 is 5.43. The highest BCUT2D eigenvalue weighted by Gasteiger charge is 2.18. The lowest BCUT2D eigenvalue weighted by atomic mass is 10.2. The minimum absolute atomic E-state index is 0.0225. The predicted molar refractivity (Wildman–Crippen MR) is 121 cm³/mol. The van der Waals surface area contributed by atoms with Crippen molar-refractivity contribution in [3.63, 3.8) is 0 Å². The zero-order valence-corrected chi connectivity index (χ0v) is 18.2. The van der Waals surface area contributed by atoms with Gasteiger partial charge < -0.3 is 15.4 Å². The maximum absolute atomic E-state index is 12.7. The van der Waals surface area contributed by atoms with E-state index in [-0.39, 0.29) is 17.1 Å². The van der Waals surface area contributed by atoms with Crippen molar-refractivity contribution in [2.45, 2.75) is 56.6 Å². The average molecular weight is 415 g/mol. The molecular weight excluding hydrogens is 384 g/mol. The van der Waals surface area contributed by atoms with Gasteiger partial charge in [-0.05, 0) is 62.2 Å². The van der Waals surface area contributed by atoms with Crippen LogP contribution in [0.25, 0.3) is 0 Å². The van der Waals surface area contributed by atoms with Crippen LogP contribution in [-0.2, 0) is 9.59 Å². The van der Waals surface area contributed by atoms with Crippen LogP contribution >= 0.6 is 11.8 Å². The number of carbonyl (C=O) groups excluding carboxylic acids is 2. The molecule has 0 aliphatic rings. The van der Waals surface area contributed by atoms with Crippen LogP contribution < -0.4 is 15.4 Å². The van der Waals surface area contributed by atoms with Crippen LogP contribution in [0.1, 0.15) is 46.5 Å². The van der Waals surface area contributed by atoms with Crippen molar-refractivity contribution in [2.75, 3.05) is 17.2 Å². The molecule has 1 unspecified atom stereocenters. The maximum atomic E-state index is 12.7. The monoisotopic (exact) mass is 414 g/mol. The summed E-state index contributed by atoms with van der Waals surface area (Å²) in [4.78, 5) is 25.6. The van der Waals surface area contributed by atoms with Gasteiger partial charge in [-0.3, -0.25) is 9.59 Å². The quantitative estimate of drug-likeness (QED) is 0.461. The Hall–Kier alpha value is -2.47. The normalized spacial score (nSPS) is 11.6. The van der Waals surface area contributed by atoms with Crippen LogP contribution in [0.4, 0.5) is 11.4 Å². The second-order valence-electron chi connectivity index (χ2n) is 6.64. The van der Waals surface area contributed by atoms with Gasteiger partial charge in [0.15, 0.2) is 0 Å². The fraction of sp³-hybridized carbons (Fsp3) is 0.391. The Morgan fingerprint density at radius 3 is 2.41 bits per heavy atom. The molecule has 0 aliphatic carbocycles. The zero-order chi connectivity index (χ0) is 21.1. The van der Waals surface area contributed by atoms with Crippen molar-refractivity contribution in [1.82, 2.24) is 0 Å². The Balaban J connectivity index is 1.96. The van der Waals surface area contributed by atoms with Crippen molar-refractivity contribution in [2.24, 2.45) is 0 Å². The fourth-order valence-corrected chi connectivity index (χ4v) is 3.73. The van der Waals surface area contributed by atoms with Crippen molar-refractivity contribution in [3.05, 3.63) is 48.5 Å². The van der Waals surface area contributed by atoms with E-state index in [2.05, 4.69) is 17.6 Å². The Morgan fingerprint density at radius 1 is 1.00 bits per heavy atom. The number of benzene rings is 2. The SMILES string of the molecule is CCCCC(=O)Nc1cccc(SC(CC)C(=O)Nc2ccc(OCC)cc2)c1. The zero-order valence-electron chi connectivity index (χ0n) is 17.4. The lowest BCUT2D eigenvalue weighted by Gasteiger charge is -2.16. The van der Waals surface area contributed by atoms with E-state index in [1.807, 2.05) is 62.4 Å². The van der Waals surface area contributed by atoms with E-state index in [0.29, 0.717) is 19.4 Å². The minimum Gasteiger partial charge on any atom is -0.494 e. The number of anilines is 2. The molecule has 0 heterocycles. The molecule has 0 saturated carbocycles. The minimum atomic E-state index is -0.229. The summed E-state index contributed by atoms with van der Waals surface area (Å²) in [7, 11) is 0.